The third-order valence-electron chi connectivity index (χ3n) is 6.33. The zero-order valence-corrected chi connectivity index (χ0v) is 21.6. The predicted molar refractivity (Wildman–Crippen MR) is 144 cm³/mol. The Morgan fingerprint density at radius 2 is 1.76 bits per heavy atom. The normalized spacial score (nSPS) is 12.1. The molecule has 4 rings (SSSR count). The second kappa shape index (κ2) is 11.4. The molecule has 6 nitrogen and oxygen atoms in total. The lowest BCUT2D eigenvalue weighted by Crippen LogP contribution is -2.38. The van der Waals surface area contributed by atoms with E-state index in [9.17, 15) is 14.0 Å². The van der Waals surface area contributed by atoms with Gasteiger partial charge in [0.1, 0.15) is 17.4 Å². The van der Waals surface area contributed by atoms with Crippen LogP contribution in [0.3, 0.4) is 0 Å². The molecule has 0 bridgehead atoms. The summed E-state index contributed by atoms with van der Waals surface area (Å²) in [6.07, 6.45) is 0.735. The number of ether oxygens (including phenoxy) is 1. The zero-order valence-electron chi connectivity index (χ0n) is 21.6. The molecule has 0 fully saturated rings. The highest BCUT2D eigenvalue weighted by molar-refractivity contribution is 5.94. The number of benzene rings is 3. The van der Waals surface area contributed by atoms with Crippen LogP contribution in [0.1, 0.15) is 56.3 Å². The van der Waals surface area contributed by atoms with Crippen LogP contribution in [0.2, 0.25) is 0 Å². The first kappa shape index (κ1) is 26.1. The Labute approximate surface area is 216 Å². The minimum Gasteiger partial charge on any atom is -0.492 e. The molecule has 4 aromatic rings. The van der Waals surface area contributed by atoms with E-state index in [1.54, 1.807) is 33.7 Å². The van der Waals surface area contributed by atoms with Crippen LogP contribution in [-0.4, -0.2) is 33.5 Å². The van der Waals surface area contributed by atoms with Gasteiger partial charge < -0.3 is 9.64 Å². The molecular weight excluding hydrogens is 469 g/mol. The lowest BCUT2D eigenvalue weighted by atomic mass is 10.1. The Morgan fingerprint density at radius 3 is 2.49 bits per heavy atom. The van der Waals surface area contributed by atoms with Gasteiger partial charge in [-0.25, -0.2) is 9.37 Å². The fourth-order valence-electron chi connectivity index (χ4n) is 4.38. The Morgan fingerprint density at radius 1 is 1.03 bits per heavy atom. The van der Waals surface area contributed by atoms with Crippen molar-refractivity contribution in [1.29, 1.82) is 0 Å². The fourth-order valence-corrected chi connectivity index (χ4v) is 4.38. The first-order chi connectivity index (χ1) is 17.8. The van der Waals surface area contributed by atoms with Crippen molar-refractivity contribution in [2.24, 2.45) is 5.92 Å². The highest BCUT2D eigenvalue weighted by Gasteiger charge is 2.28. The monoisotopic (exact) mass is 501 g/mol. The van der Waals surface area contributed by atoms with Gasteiger partial charge in [0.25, 0.3) is 11.5 Å². The van der Waals surface area contributed by atoms with E-state index in [4.69, 9.17) is 9.72 Å². The summed E-state index contributed by atoms with van der Waals surface area (Å²) < 4.78 is 21.4. The molecule has 0 aliphatic carbocycles. The third kappa shape index (κ3) is 5.56. The van der Waals surface area contributed by atoms with Crippen molar-refractivity contribution in [3.63, 3.8) is 0 Å². The molecule has 37 heavy (non-hydrogen) atoms. The molecule has 0 saturated heterocycles. The van der Waals surface area contributed by atoms with Crippen LogP contribution in [0.4, 0.5) is 4.39 Å². The number of amides is 1. The van der Waals surface area contributed by atoms with Crippen LogP contribution in [0.15, 0.2) is 77.6 Å². The number of aromatic nitrogens is 2. The van der Waals surface area contributed by atoms with E-state index in [2.05, 4.69) is 13.8 Å². The Bertz CT molecular complexity index is 1460. The van der Waals surface area contributed by atoms with E-state index in [0.29, 0.717) is 47.2 Å². The molecule has 0 aliphatic rings. The minimum atomic E-state index is -0.596. The first-order valence-corrected chi connectivity index (χ1v) is 12.6. The maximum Gasteiger partial charge on any atom is 0.266 e. The highest BCUT2D eigenvalue weighted by Crippen LogP contribution is 2.29. The maximum atomic E-state index is 14.0. The van der Waals surface area contributed by atoms with E-state index in [0.717, 1.165) is 6.42 Å². The molecule has 0 spiro atoms. The second-order valence-corrected chi connectivity index (χ2v) is 9.40. The van der Waals surface area contributed by atoms with Crippen LogP contribution >= 0.6 is 0 Å². The van der Waals surface area contributed by atoms with Gasteiger partial charge in [-0.05, 0) is 68.7 Å². The smallest absolute Gasteiger partial charge is 0.266 e. The van der Waals surface area contributed by atoms with Crippen LogP contribution in [0, 0.1) is 11.7 Å². The topological polar surface area (TPSA) is 64.4 Å². The van der Waals surface area contributed by atoms with E-state index in [1.807, 2.05) is 44.2 Å². The van der Waals surface area contributed by atoms with Gasteiger partial charge in [0.05, 0.1) is 29.2 Å². The van der Waals surface area contributed by atoms with Gasteiger partial charge in [-0.3, -0.25) is 14.2 Å². The fraction of sp³-hybridized carbons (Fsp3) is 0.300. The molecular formula is C30H32FN3O3. The molecule has 1 unspecified atom stereocenters. The molecule has 1 atom stereocenters. The predicted octanol–water partition coefficient (Wildman–Crippen LogP) is 6.17. The summed E-state index contributed by atoms with van der Waals surface area (Å²) in [5.74, 6) is 0.487. The van der Waals surface area contributed by atoms with Gasteiger partial charge in [0, 0.05) is 12.1 Å². The van der Waals surface area contributed by atoms with E-state index < -0.39 is 11.9 Å². The van der Waals surface area contributed by atoms with Gasteiger partial charge in [0.2, 0.25) is 0 Å². The van der Waals surface area contributed by atoms with Crippen molar-refractivity contribution >= 4 is 16.8 Å². The molecule has 0 aliphatic heterocycles. The van der Waals surface area contributed by atoms with Gasteiger partial charge in [0.15, 0.2) is 0 Å². The summed E-state index contributed by atoms with van der Waals surface area (Å²) >= 11 is 0. The molecule has 192 valence electrons. The average molecular weight is 502 g/mol. The molecule has 7 heteroatoms. The molecule has 1 aromatic heterocycles. The quantitative estimate of drug-likeness (QED) is 0.275. The standard InChI is InChI=1S/C30H32FN3O3/c1-5-37-27-16-9-8-15-26(27)34-28(32-25-14-7-6-13-24(25)30(34)36)21(4)33(18-17-20(2)3)29(35)22-11-10-12-23(31)19-22/h6-16,19-21H,5,17-18H2,1-4H3. The molecule has 1 amide bonds. The lowest BCUT2D eigenvalue weighted by Gasteiger charge is -2.31. The van der Waals surface area contributed by atoms with Crippen LogP contribution < -0.4 is 10.3 Å². The Balaban J connectivity index is 1.93. The summed E-state index contributed by atoms with van der Waals surface area (Å²) in [6, 6.07) is 19.5. The Hall–Kier alpha value is -4.00. The third-order valence-corrected chi connectivity index (χ3v) is 6.33. The SMILES string of the molecule is CCOc1ccccc1-n1c(C(C)N(CCC(C)C)C(=O)c2cccc(F)c2)nc2ccccc2c1=O. The second-order valence-electron chi connectivity index (χ2n) is 9.40. The summed E-state index contributed by atoms with van der Waals surface area (Å²) in [5.41, 5.74) is 1.10. The van der Waals surface area contributed by atoms with Crippen molar-refractivity contribution in [2.45, 2.75) is 40.2 Å². The van der Waals surface area contributed by atoms with Crippen molar-refractivity contribution in [2.75, 3.05) is 13.2 Å². The average Bonchev–Trinajstić information content (AvgIpc) is 2.89. The summed E-state index contributed by atoms with van der Waals surface area (Å²) in [6.45, 7) is 8.75. The number of para-hydroxylation sites is 3. The molecule has 3 aromatic carbocycles. The first-order valence-electron chi connectivity index (χ1n) is 12.6. The summed E-state index contributed by atoms with van der Waals surface area (Å²) in [4.78, 5) is 34.2. The Kier molecular flexibility index (Phi) is 8.01. The number of hydrogen-bond donors (Lipinski definition) is 0. The molecule has 1 heterocycles. The minimum absolute atomic E-state index is 0.249. The van der Waals surface area contributed by atoms with Crippen LogP contribution in [0.5, 0.6) is 5.75 Å². The van der Waals surface area contributed by atoms with E-state index in [1.165, 1.54) is 18.2 Å². The zero-order chi connectivity index (χ0) is 26.5. The van der Waals surface area contributed by atoms with Crippen molar-refractivity contribution in [3.05, 3.63) is 100 Å². The van der Waals surface area contributed by atoms with Crippen molar-refractivity contribution in [1.82, 2.24) is 14.5 Å². The highest BCUT2D eigenvalue weighted by atomic mass is 19.1. The number of rotatable bonds is 9. The van der Waals surface area contributed by atoms with E-state index >= 15 is 0 Å². The molecule has 0 saturated carbocycles. The van der Waals surface area contributed by atoms with Crippen molar-refractivity contribution in [3.8, 4) is 11.4 Å². The molecule has 0 N–H and O–H groups in total. The van der Waals surface area contributed by atoms with Gasteiger partial charge in [-0.2, -0.15) is 0 Å². The lowest BCUT2D eigenvalue weighted by molar-refractivity contribution is 0.0671. The van der Waals surface area contributed by atoms with Crippen LogP contribution in [0.25, 0.3) is 16.6 Å². The largest absolute Gasteiger partial charge is 0.492 e. The number of fused-ring (bicyclic) bond motifs is 1. The van der Waals surface area contributed by atoms with Crippen LogP contribution in [-0.2, 0) is 0 Å². The summed E-state index contributed by atoms with van der Waals surface area (Å²) in [5, 5.41) is 0.468. The number of hydrogen-bond acceptors (Lipinski definition) is 4. The van der Waals surface area contributed by atoms with Gasteiger partial charge in [-0.15, -0.1) is 0 Å². The number of carbonyl (C=O) groups is 1. The number of carbonyl (C=O) groups excluding carboxylic acids is 1. The van der Waals surface area contributed by atoms with Crippen molar-refractivity contribution < 1.29 is 13.9 Å². The summed E-state index contributed by atoms with van der Waals surface area (Å²) in [7, 11) is 0. The molecule has 0 radical (unpaired) electrons. The number of halogens is 1. The van der Waals surface area contributed by atoms with Gasteiger partial charge in [-0.1, -0.05) is 44.2 Å². The van der Waals surface area contributed by atoms with E-state index in [-0.39, 0.29) is 17.0 Å². The maximum absolute atomic E-state index is 14.0. The number of nitrogens with zero attached hydrogens (tertiary/aromatic N) is 3. The van der Waals surface area contributed by atoms with Gasteiger partial charge >= 0.3 is 0 Å².